The lowest BCUT2D eigenvalue weighted by atomic mass is 10.0. The molecule has 3 aromatic rings. The maximum absolute atomic E-state index is 14.2. The molecule has 0 unspecified atom stereocenters. The van der Waals surface area contributed by atoms with Crippen molar-refractivity contribution in [3.8, 4) is 22.6 Å². The largest absolute Gasteiger partial charge is 0.454 e. The second kappa shape index (κ2) is 6.35. The van der Waals surface area contributed by atoms with Gasteiger partial charge in [0, 0.05) is 5.56 Å². The summed E-state index contributed by atoms with van der Waals surface area (Å²) in [7, 11) is 0. The third-order valence-corrected chi connectivity index (χ3v) is 3.37. The third-order valence-electron chi connectivity index (χ3n) is 3.37. The molecule has 0 aliphatic heterocycles. The van der Waals surface area contributed by atoms with Gasteiger partial charge >= 0.3 is 6.18 Å². The molecule has 24 heavy (non-hydrogen) atoms. The topological polar surface area (TPSA) is 9.23 Å². The monoisotopic (exact) mass is 331 g/mol. The van der Waals surface area contributed by atoms with Crippen LogP contribution in [0.5, 0.6) is 11.5 Å². The molecule has 0 N–H and O–H groups in total. The van der Waals surface area contributed by atoms with E-state index in [1.165, 1.54) is 24.3 Å². The highest BCUT2D eigenvalue weighted by molar-refractivity contribution is 5.70. The molecule has 0 aliphatic carbocycles. The fourth-order valence-corrected chi connectivity index (χ4v) is 2.21. The second-order valence-corrected chi connectivity index (χ2v) is 5.02. The summed E-state index contributed by atoms with van der Waals surface area (Å²) in [4.78, 5) is 0. The van der Waals surface area contributed by atoms with E-state index in [-0.39, 0.29) is 11.3 Å². The van der Waals surface area contributed by atoms with Crippen molar-refractivity contribution in [1.29, 1.82) is 0 Å². The fraction of sp³-hybridized carbons (Fsp3) is 0.0526. The van der Waals surface area contributed by atoms with Crippen LogP contribution in [0.2, 0.25) is 0 Å². The lowest BCUT2D eigenvalue weighted by molar-refractivity contribution is -0.137. The van der Waals surface area contributed by atoms with Gasteiger partial charge in [-0.25, -0.2) is 4.39 Å². The maximum atomic E-state index is 14.2. The Kier molecular flexibility index (Phi) is 4.25. The number of rotatable bonds is 3. The van der Waals surface area contributed by atoms with Gasteiger partial charge in [0.05, 0.1) is 5.56 Å². The molecule has 1 nitrogen and oxygen atoms in total. The van der Waals surface area contributed by atoms with Crippen molar-refractivity contribution >= 4 is 0 Å². The molecule has 3 rings (SSSR count). The van der Waals surface area contributed by atoms with Crippen LogP contribution < -0.4 is 4.74 Å². The summed E-state index contributed by atoms with van der Waals surface area (Å²) in [6.07, 6.45) is -4.42. The van der Waals surface area contributed by atoms with Crippen LogP contribution in [0.15, 0.2) is 66.7 Å². The van der Waals surface area contributed by atoms with E-state index in [2.05, 4.69) is 6.07 Å². The molecule has 0 atom stereocenters. The van der Waals surface area contributed by atoms with Gasteiger partial charge in [-0.15, -0.1) is 0 Å². The summed E-state index contributed by atoms with van der Waals surface area (Å²) in [6.45, 7) is 0. The van der Waals surface area contributed by atoms with Crippen LogP contribution in [0.1, 0.15) is 5.56 Å². The molecule has 0 amide bonds. The number of hydrogen-bond acceptors (Lipinski definition) is 1. The summed E-state index contributed by atoms with van der Waals surface area (Å²) < 4.78 is 57.7. The zero-order chi connectivity index (χ0) is 17.2. The minimum Gasteiger partial charge on any atom is -0.454 e. The van der Waals surface area contributed by atoms with Crippen molar-refractivity contribution in [3.05, 3.63) is 84.2 Å². The Morgan fingerprint density at radius 2 is 1.50 bits per heavy atom. The molecule has 3 aromatic carbocycles. The van der Waals surface area contributed by atoms with Gasteiger partial charge in [0.2, 0.25) is 0 Å². The maximum Gasteiger partial charge on any atom is 0.416 e. The van der Waals surface area contributed by atoms with Crippen molar-refractivity contribution < 1.29 is 22.3 Å². The second-order valence-electron chi connectivity index (χ2n) is 5.02. The Bertz CT molecular complexity index is 824. The first-order chi connectivity index (χ1) is 11.4. The summed E-state index contributed by atoms with van der Waals surface area (Å²) >= 11 is 0. The molecule has 121 valence electrons. The Morgan fingerprint density at radius 1 is 0.833 bits per heavy atom. The van der Waals surface area contributed by atoms with Gasteiger partial charge in [-0.3, -0.25) is 0 Å². The van der Waals surface area contributed by atoms with E-state index in [4.69, 9.17) is 4.74 Å². The molecule has 1 radical (unpaired) electrons. The summed E-state index contributed by atoms with van der Waals surface area (Å²) in [5.41, 5.74) is -0.130. The molecule has 0 fully saturated rings. The van der Waals surface area contributed by atoms with E-state index >= 15 is 0 Å². The van der Waals surface area contributed by atoms with Gasteiger partial charge in [-0.05, 0) is 42.0 Å². The van der Waals surface area contributed by atoms with Crippen molar-refractivity contribution in [1.82, 2.24) is 0 Å². The lowest BCUT2D eigenvalue weighted by Gasteiger charge is -2.13. The Labute approximate surface area is 136 Å². The first-order valence-corrected chi connectivity index (χ1v) is 7.06. The molecule has 5 heteroatoms. The van der Waals surface area contributed by atoms with Gasteiger partial charge in [0.15, 0.2) is 11.6 Å². The zero-order valence-electron chi connectivity index (χ0n) is 12.3. The van der Waals surface area contributed by atoms with Crippen LogP contribution in [0.25, 0.3) is 11.1 Å². The number of para-hydroxylation sites is 1. The fourth-order valence-electron chi connectivity index (χ4n) is 2.21. The van der Waals surface area contributed by atoms with Crippen molar-refractivity contribution in [2.75, 3.05) is 0 Å². The first kappa shape index (κ1) is 16.1. The molecular formula is C19H11F4O. The molecule has 0 bridgehead atoms. The highest BCUT2D eigenvalue weighted by atomic mass is 19.4. The van der Waals surface area contributed by atoms with E-state index in [1.807, 2.05) is 0 Å². The zero-order valence-corrected chi connectivity index (χ0v) is 12.3. The molecule has 0 heterocycles. The first-order valence-electron chi connectivity index (χ1n) is 7.06. The molecule has 0 aliphatic rings. The van der Waals surface area contributed by atoms with Crippen LogP contribution in [-0.4, -0.2) is 0 Å². The van der Waals surface area contributed by atoms with E-state index in [9.17, 15) is 17.6 Å². The van der Waals surface area contributed by atoms with Gasteiger partial charge < -0.3 is 4.74 Å². The minimum atomic E-state index is -4.42. The summed E-state index contributed by atoms with van der Waals surface area (Å²) in [6, 6.07) is 18.4. The van der Waals surface area contributed by atoms with E-state index in [1.54, 1.807) is 30.3 Å². The quantitative estimate of drug-likeness (QED) is 0.527. The van der Waals surface area contributed by atoms with Gasteiger partial charge in [0.25, 0.3) is 0 Å². The third kappa shape index (κ3) is 3.40. The molecular weight excluding hydrogens is 320 g/mol. The summed E-state index contributed by atoms with van der Waals surface area (Å²) in [5.74, 6) is -0.278. The lowest BCUT2D eigenvalue weighted by Crippen LogP contribution is -2.04. The molecule has 0 saturated heterocycles. The smallest absolute Gasteiger partial charge is 0.416 e. The average Bonchev–Trinajstić information content (AvgIpc) is 2.57. The van der Waals surface area contributed by atoms with Crippen LogP contribution in [0.3, 0.4) is 0 Å². The van der Waals surface area contributed by atoms with Crippen LogP contribution in [0, 0.1) is 11.9 Å². The molecule has 0 spiro atoms. The predicted molar refractivity (Wildman–Crippen MR) is 82.2 cm³/mol. The minimum absolute atomic E-state index is 0.0801. The predicted octanol–water partition coefficient (Wildman–Crippen LogP) is 6.10. The van der Waals surface area contributed by atoms with Gasteiger partial charge in [0.1, 0.15) is 5.75 Å². The van der Waals surface area contributed by atoms with Crippen molar-refractivity contribution in [2.45, 2.75) is 6.18 Å². The van der Waals surface area contributed by atoms with Gasteiger partial charge in [-0.2, -0.15) is 13.2 Å². The van der Waals surface area contributed by atoms with Crippen molar-refractivity contribution in [3.63, 3.8) is 0 Å². The van der Waals surface area contributed by atoms with Crippen LogP contribution >= 0.6 is 0 Å². The standard InChI is InChI=1S/C19H11F4O/c20-17-8-4-7-16(18(17)24-15-5-2-1-3-6-15)13-9-11-14(12-10-13)19(21,22)23/h1-6,8-12H. The Hall–Kier alpha value is -2.82. The normalized spacial score (nSPS) is 11.3. The number of alkyl halides is 3. The van der Waals surface area contributed by atoms with Crippen LogP contribution in [0.4, 0.5) is 17.6 Å². The SMILES string of the molecule is Fc1cc[c]c(-c2ccc(C(F)(F)F)cc2)c1Oc1ccccc1. The number of ether oxygens (including phenoxy) is 1. The number of benzene rings is 3. The molecule has 0 aromatic heterocycles. The number of hydrogen-bond donors (Lipinski definition) is 0. The van der Waals surface area contributed by atoms with E-state index < -0.39 is 17.6 Å². The highest BCUT2D eigenvalue weighted by Gasteiger charge is 2.30. The molecule has 0 saturated carbocycles. The summed E-state index contributed by atoms with van der Waals surface area (Å²) in [5, 5.41) is 0. The van der Waals surface area contributed by atoms with Crippen LogP contribution in [-0.2, 0) is 6.18 Å². The Balaban J connectivity index is 2.01. The Morgan fingerprint density at radius 3 is 2.12 bits per heavy atom. The highest BCUT2D eigenvalue weighted by Crippen LogP contribution is 2.37. The van der Waals surface area contributed by atoms with Gasteiger partial charge in [-0.1, -0.05) is 36.4 Å². The van der Waals surface area contributed by atoms with E-state index in [0.29, 0.717) is 11.3 Å². The number of halogens is 4. The van der Waals surface area contributed by atoms with E-state index in [0.717, 1.165) is 12.1 Å². The van der Waals surface area contributed by atoms with Crippen molar-refractivity contribution in [2.24, 2.45) is 0 Å². The average molecular weight is 331 g/mol.